The van der Waals surface area contributed by atoms with Gasteiger partial charge in [0.15, 0.2) is 0 Å². The summed E-state index contributed by atoms with van der Waals surface area (Å²) < 4.78 is 13.0. The number of benzene rings is 2. The fourth-order valence-corrected chi connectivity index (χ4v) is 4.39. The molecular weight excluding hydrogens is 508 g/mol. The number of rotatable bonds is 4. The van der Waals surface area contributed by atoms with E-state index in [1.807, 2.05) is 54.2 Å². The minimum atomic E-state index is -0.679. The summed E-state index contributed by atoms with van der Waals surface area (Å²) in [5.41, 5.74) is 3.36. The maximum atomic E-state index is 13.0. The summed E-state index contributed by atoms with van der Waals surface area (Å²) in [7, 11) is 1.65. The van der Waals surface area contributed by atoms with Gasteiger partial charge in [0.2, 0.25) is 5.91 Å². The van der Waals surface area contributed by atoms with Gasteiger partial charge in [0.05, 0.1) is 25.0 Å². The summed E-state index contributed by atoms with van der Waals surface area (Å²) in [4.78, 5) is 27.9. The second-order valence-electron chi connectivity index (χ2n) is 9.92. The second kappa shape index (κ2) is 14.3. The first-order chi connectivity index (χ1) is 19.4. The van der Waals surface area contributed by atoms with Gasteiger partial charge in [-0.1, -0.05) is 35.6 Å². The Morgan fingerprint density at radius 3 is 2.75 bits per heavy atom. The van der Waals surface area contributed by atoms with Crippen LogP contribution < -0.4 is 20.1 Å². The van der Waals surface area contributed by atoms with Crippen molar-refractivity contribution >= 4 is 17.9 Å². The smallest absolute Gasteiger partial charge is 0.255 e. The third-order valence-corrected chi connectivity index (χ3v) is 6.62. The van der Waals surface area contributed by atoms with Crippen molar-refractivity contribution in [2.24, 2.45) is 0 Å². The second-order valence-corrected chi connectivity index (χ2v) is 9.92. The number of fused-ring (bicyclic) bond motifs is 3. The predicted octanol–water partition coefficient (Wildman–Crippen LogP) is 3.22. The van der Waals surface area contributed by atoms with Crippen LogP contribution in [-0.4, -0.2) is 71.1 Å². The van der Waals surface area contributed by atoms with Crippen LogP contribution >= 0.6 is 0 Å². The average Bonchev–Trinajstić information content (AvgIpc) is 3.40. The van der Waals surface area contributed by atoms with E-state index in [9.17, 15) is 9.59 Å². The van der Waals surface area contributed by atoms with Gasteiger partial charge in [0, 0.05) is 45.3 Å². The molecule has 2 heterocycles. The van der Waals surface area contributed by atoms with Crippen molar-refractivity contribution in [3.05, 3.63) is 77.1 Å². The molecule has 212 valence electrons. The predicted molar refractivity (Wildman–Crippen MR) is 153 cm³/mol. The molecule has 10 heteroatoms. The Kier molecular flexibility index (Phi) is 10.3. The van der Waals surface area contributed by atoms with E-state index in [-0.39, 0.29) is 11.8 Å². The molecule has 2 aromatic carbocycles. The minimum Gasteiger partial charge on any atom is -0.497 e. The molecule has 0 spiro atoms. The van der Waals surface area contributed by atoms with E-state index in [0.717, 1.165) is 35.5 Å². The number of methoxy groups -OCH3 is 1. The van der Waals surface area contributed by atoms with E-state index in [0.29, 0.717) is 50.5 Å². The Morgan fingerprint density at radius 2 is 1.95 bits per heavy atom. The molecule has 2 amide bonds. The lowest BCUT2D eigenvalue weighted by Gasteiger charge is -2.20. The number of nitrogens with zero attached hydrogens (tertiary/aromatic N) is 4. The number of aryl methyl sites for hydroxylation is 2. The molecule has 0 fully saturated rings. The highest BCUT2D eigenvalue weighted by molar-refractivity contribution is 5.99. The van der Waals surface area contributed by atoms with Gasteiger partial charge in [0.25, 0.3) is 5.91 Å². The molecule has 1 aromatic heterocycles. The quantitative estimate of drug-likeness (QED) is 0.517. The van der Waals surface area contributed by atoms with Crippen LogP contribution in [-0.2, 0) is 17.9 Å². The number of aromatic nitrogens is 3. The first-order valence-corrected chi connectivity index (χ1v) is 13.7. The van der Waals surface area contributed by atoms with Crippen LogP contribution in [0.2, 0.25) is 0 Å². The van der Waals surface area contributed by atoms with Crippen LogP contribution in [0.3, 0.4) is 0 Å². The third kappa shape index (κ3) is 8.41. The summed E-state index contributed by atoms with van der Waals surface area (Å²) in [6.45, 7) is 7.28. The van der Waals surface area contributed by atoms with Crippen molar-refractivity contribution in [1.82, 2.24) is 30.5 Å². The molecule has 0 saturated carbocycles. The normalized spacial score (nSPS) is 18.0. The first-order valence-electron chi connectivity index (χ1n) is 13.7. The Labute approximate surface area is 235 Å². The molecule has 1 atom stereocenters. The van der Waals surface area contributed by atoms with Crippen LogP contribution in [0.15, 0.2) is 54.7 Å². The zero-order chi connectivity index (χ0) is 28.3. The highest BCUT2D eigenvalue weighted by atomic mass is 16.5. The van der Waals surface area contributed by atoms with Crippen LogP contribution in [0.5, 0.6) is 11.5 Å². The molecular formula is C30H38N6O4. The standard InChI is InChI=1S/C30H38N6O4/c1-22-8-13-27-28(19-22)40-18-6-17-36-21-25(33-34-36)20-35(15-4-7-24-9-11-26(39-3)12-10-24)16-5-14-31-29(37)23(2)32-30(27)38/h4,7-13,19,21,23H,5-6,14-18,20H2,1-3H3,(H,31,37)(H,32,38)/b7-4+/t23-/m1/s1. The Hall–Kier alpha value is -4.18. The van der Waals surface area contributed by atoms with E-state index < -0.39 is 6.04 Å². The van der Waals surface area contributed by atoms with Crippen LogP contribution in [0.4, 0.5) is 0 Å². The fourth-order valence-electron chi connectivity index (χ4n) is 4.39. The summed E-state index contributed by atoms with van der Waals surface area (Å²) in [5.74, 6) is 0.757. The molecule has 2 N–H and O–H groups in total. The number of carbonyl (C=O) groups is 2. The molecule has 40 heavy (non-hydrogen) atoms. The van der Waals surface area contributed by atoms with Crippen LogP contribution in [0.25, 0.3) is 6.08 Å². The van der Waals surface area contributed by atoms with Gasteiger partial charge in [-0.15, -0.1) is 5.10 Å². The maximum Gasteiger partial charge on any atom is 0.255 e. The first kappa shape index (κ1) is 28.8. The fraction of sp³-hybridized carbons (Fsp3) is 0.400. The average molecular weight is 547 g/mol. The largest absolute Gasteiger partial charge is 0.497 e. The highest BCUT2D eigenvalue weighted by Crippen LogP contribution is 2.21. The van der Waals surface area contributed by atoms with Crippen molar-refractivity contribution in [3.8, 4) is 11.5 Å². The molecule has 2 bridgehead atoms. The van der Waals surface area contributed by atoms with E-state index >= 15 is 0 Å². The zero-order valence-electron chi connectivity index (χ0n) is 23.4. The Bertz CT molecular complexity index is 1300. The number of nitrogens with one attached hydrogen (secondary N) is 2. The lowest BCUT2D eigenvalue weighted by Crippen LogP contribution is -2.45. The van der Waals surface area contributed by atoms with Crippen LogP contribution in [0.1, 0.15) is 46.9 Å². The Morgan fingerprint density at radius 1 is 1.12 bits per heavy atom. The van der Waals surface area contributed by atoms with Gasteiger partial charge < -0.3 is 20.1 Å². The third-order valence-electron chi connectivity index (χ3n) is 6.62. The molecule has 4 rings (SSSR count). The number of hydrogen-bond donors (Lipinski definition) is 2. The van der Waals surface area contributed by atoms with E-state index in [2.05, 4.69) is 38.0 Å². The summed E-state index contributed by atoms with van der Waals surface area (Å²) in [6, 6.07) is 12.7. The SMILES string of the molecule is COc1ccc(/C=C/CN2CCCNC(=O)[C@@H](C)NC(=O)c3ccc(C)cc3OCCCn3cc(nn3)C2)cc1. The van der Waals surface area contributed by atoms with Crippen molar-refractivity contribution in [1.29, 1.82) is 0 Å². The zero-order valence-corrected chi connectivity index (χ0v) is 23.4. The van der Waals surface area contributed by atoms with Crippen molar-refractivity contribution < 1.29 is 19.1 Å². The molecule has 0 radical (unpaired) electrons. The van der Waals surface area contributed by atoms with Crippen molar-refractivity contribution in [2.75, 3.05) is 33.4 Å². The number of ether oxygens (including phenoxy) is 2. The molecule has 3 aromatic rings. The number of amides is 2. The maximum absolute atomic E-state index is 13.0. The summed E-state index contributed by atoms with van der Waals surface area (Å²) in [5, 5.41) is 14.4. The number of hydrogen-bond acceptors (Lipinski definition) is 7. The molecule has 0 saturated heterocycles. The van der Waals surface area contributed by atoms with Crippen molar-refractivity contribution in [2.45, 2.75) is 45.8 Å². The van der Waals surface area contributed by atoms with Crippen molar-refractivity contribution in [3.63, 3.8) is 0 Å². The number of carbonyl (C=O) groups excluding carboxylic acids is 2. The minimum absolute atomic E-state index is 0.227. The highest BCUT2D eigenvalue weighted by Gasteiger charge is 2.19. The van der Waals surface area contributed by atoms with Gasteiger partial charge in [-0.3, -0.25) is 19.2 Å². The van der Waals surface area contributed by atoms with Gasteiger partial charge in [-0.05, 0) is 55.7 Å². The topological polar surface area (TPSA) is 111 Å². The molecule has 1 aliphatic heterocycles. The molecule has 0 unspecified atom stereocenters. The van der Waals surface area contributed by atoms with E-state index in [1.54, 1.807) is 20.1 Å². The monoisotopic (exact) mass is 546 g/mol. The summed E-state index contributed by atoms with van der Waals surface area (Å²) in [6.07, 6.45) is 7.60. The molecule has 0 aliphatic carbocycles. The van der Waals surface area contributed by atoms with Gasteiger partial charge >= 0.3 is 0 Å². The van der Waals surface area contributed by atoms with E-state index in [4.69, 9.17) is 9.47 Å². The van der Waals surface area contributed by atoms with Gasteiger partial charge in [-0.2, -0.15) is 0 Å². The van der Waals surface area contributed by atoms with E-state index in [1.165, 1.54) is 0 Å². The van der Waals surface area contributed by atoms with Gasteiger partial charge in [0.1, 0.15) is 17.5 Å². The lowest BCUT2D eigenvalue weighted by atomic mass is 10.1. The van der Waals surface area contributed by atoms with Gasteiger partial charge in [-0.25, -0.2) is 0 Å². The molecule has 1 aliphatic rings. The van der Waals surface area contributed by atoms with Crippen LogP contribution in [0, 0.1) is 6.92 Å². The Balaban J connectivity index is 1.44. The molecule has 10 nitrogen and oxygen atoms in total. The lowest BCUT2D eigenvalue weighted by molar-refractivity contribution is -0.122. The summed E-state index contributed by atoms with van der Waals surface area (Å²) >= 11 is 0.